The van der Waals surface area contributed by atoms with Crippen molar-refractivity contribution in [3.8, 4) is 0 Å². The quantitative estimate of drug-likeness (QED) is 0.711. The molecule has 8 nitrogen and oxygen atoms in total. The van der Waals surface area contributed by atoms with Gasteiger partial charge in [0.25, 0.3) is 6.43 Å². The maximum absolute atomic E-state index is 13.0. The number of anilines is 2. The lowest BCUT2D eigenvalue weighted by Crippen LogP contribution is -2.31. The number of ether oxygens (including phenoxy) is 1. The molecule has 2 heterocycles. The summed E-state index contributed by atoms with van der Waals surface area (Å²) in [6.07, 6.45) is -1.51. The van der Waals surface area contributed by atoms with Crippen molar-refractivity contribution in [3.05, 3.63) is 41.6 Å². The third-order valence-electron chi connectivity index (χ3n) is 5.47. The van der Waals surface area contributed by atoms with Gasteiger partial charge in [0.2, 0.25) is 11.8 Å². The summed E-state index contributed by atoms with van der Waals surface area (Å²) >= 11 is 0. The summed E-state index contributed by atoms with van der Waals surface area (Å²) in [6, 6.07) is 7.20. The first-order chi connectivity index (χ1) is 15.5. The van der Waals surface area contributed by atoms with Gasteiger partial charge in [0, 0.05) is 36.2 Å². The maximum atomic E-state index is 13.0. The molecular formula is C23H26F2N4O4. The van der Waals surface area contributed by atoms with Crippen molar-refractivity contribution in [2.24, 2.45) is 5.92 Å². The van der Waals surface area contributed by atoms with Gasteiger partial charge in [-0.05, 0) is 45.7 Å². The van der Waals surface area contributed by atoms with E-state index in [0.717, 1.165) is 17.5 Å². The van der Waals surface area contributed by atoms with E-state index in [2.05, 4.69) is 10.4 Å². The topological polar surface area (TPSA) is 93.5 Å². The fraction of sp³-hybridized carbons (Fsp3) is 0.478. The average Bonchev–Trinajstić information content (AvgIpc) is 3.38. The van der Waals surface area contributed by atoms with E-state index >= 15 is 0 Å². The number of alkyl halides is 2. The molecule has 2 fully saturated rings. The molecule has 0 bridgehead atoms. The van der Waals surface area contributed by atoms with Gasteiger partial charge in [-0.25, -0.2) is 13.6 Å². The highest BCUT2D eigenvalue weighted by Gasteiger charge is 2.37. The van der Waals surface area contributed by atoms with Crippen LogP contribution < -0.4 is 10.2 Å². The smallest absolute Gasteiger partial charge is 0.437 e. The van der Waals surface area contributed by atoms with E-state index < -0.39 is 29.9 Å². The van der Waals surface area contributed by atoms with Crippen molar-refractivity contribution in [2.75, 3.05) is 16.8 Å². The first-order valence-electron chi connectivity index (χ1n) is 10.8. The Labute approximate surface area is 189 Å². The van der Waals surface area contributed by atoms with Crippen molar-refractivity contribution in [3.63, 3.8) is 0 Å². The molecule has 1 saturated carbocycles. The molecule has 0 radical (unpaired) electrons. The fourth-order valence-electron chi connectivity index (χ4n) is 3.70. The molecule has 1 aromatic heterocycles. The lowest BCUT2D eigenvalue weighted by Gasteiger charge is -2.20. The second-order valence-corrected chi connectivity index (χ2v) is 9.41. The van der Waals surface area contributed by atoms with Crippen molar-refractivity contribution < 1.29 is 27.9 Å². The largest absolute Gasteiger partial charge is 0.442 e. The van der Waals surface area contributed by atoms with Crippen LogP contribution in [0.4, 0.5) is 25.1 Å². The van der Waals surface area contributed by atoms with Crippen LogP contribution in [0.3, 0.4) is 0 Å². The van der Waals surface area contributed by atoms with Gasteiger partial charge in [-0.15, -0.1) is 4.68 Å². The predicted molar refractivity (Wildman–Crippen MR) is 116 cm³/mol. The van der Waals surface area contributed by atoms with Crippen LogP contribution in [0.2, 0.25) is 0 Å². The number of hydrogen-bond acceptors (Lipinski definition) is 5. The van der Waals surface area contributed by atoms with Crippen LogP contribution in [0, 0.1) is 5.92 Å². The first-order valence-corrected chi connectivity index (χ1v) is 10.8. The molecule has 33 heavy (non-hydrogen) atoms. The number of rotatable bonds is 5. The van der Waals surface area contributed by atoms with Gasteiger partial charge < -0.3 is 15.0 Å². The van der Waals surface area contributed by atoms with E-state index in [9.17, 15) is 23.2 Å². The van der Waals surface area contributed by atoms with Crippen LogP contribution >= 0.6 is 0 Å². The maximum Gasteiger partial charge on any atom is 0.437 e. The number of aromatic nitrogens is 2. The van der Waals surface area contributed by atoms with Crippen LogP contribution in [0.1, 0.15) is 63.6 Å². The molecule has 1 aliphatic carbocycles. The van der Waals surface area contributed by atoms with Crippen molar-refractivity contribution in [2.45, 2.75) is 58.0 Å². The van der Waals surface area contributed by atoms with Crippen LogP contribution in [-0.4, -0.2) is 39.8 Å². The van der Waals surface area contributed by atoms with Gasteiger partial charge in [0.1, 0.15) is 11.4 Å². The Morgan fingerprint density at radius 3 is 2.58 bits per heavy atom. The second kappa shape index (κ2) is 8.57. The summed E-state index contributed by atoms with van der Waals surface area (Å²) in [6.45, 7) is 5.25. The minimum atomic E-state index is -2.66. The molecular weight excluding hydrogens is 434 g/mol. The van der Waals surface area contributed by atoms with E-state index in [0.29, 0.717) is 11.4 Å². The van der Waals surface area contributed by atoms with Crippen molar-refractivity contribution in [1.82, 2.24) is 9.78 Å². The van der Waals surface area contributed by atoms with Crippen LogP contribution in [0.5, 0.6) is 0 Å². The molecule has 1 N–H and O–H groups in total. The Bertz CT molecular complexity index is 1090. The highest BCUT2D eigenvalue weighted by molar-refractivity contribution is 6.03. The van der Waals surface area contributed by atoms with Crippen molar-refractivity contribution in [1.29, 1.82) is 0 Å². The summed E-state index contributed by atoms with van der Waals surface area (Å²) in [5, 5.41) is 7.02. The van der Waals surface area contributed by atoms with Crippen molar-refractivity contribution >= 4 is 29.4 Å². The van der Waals surface area contributed by atoms with Crippen LogP contribution in [0.15, 0.2) is 30.3 Å². The summed E-state index contributed by atoms with van der Waals surface area (Å²) in [7, 11) is 0. The molecule has 1 aliphatic heterocycles. The van der Waals surface area contributed by atoms with Gasteiger partial charge in [0.15, 0.2) is 0 Å². The summed E-state index contributed by atoms with van der Waals surface area (Å²) in [5.74, 6) is -1.07. The van der Waals surface area contributed by atoms with Crippen LogP contribution in [-0.2, 0) is 14.3 Å². The van der Waals surface area contributed by atoms with E-state index in [4.69, 9.17) is 4.74 Å². The number of benzene rings is 1. The number of amides is 2. The predicted octanol–water partition coefficient (Wildman–Crippen LogP) is 4.47. The number of nitrogens with zero attached hydrogens (tertiary/aromatic N) is 3. The van der Waals surface area contributed by atoms with Gasteiger partial charge in [0.05, 0.1) is 11.6 Å². The standard InChI is InChI=1S/C23H26F2N4O4/c1-23(2,3)33-22(32)29-18(11-17(27-29)13-7-8-13)26-21(31)15-10-19(30)28(12-15)16-6-4-5-14(9-16)20(24)25/h4-6,9,11,13,15,20H,7-8,10,12H2,1-3H3,(H,26,31). The number of hydrogen-bond donors (Lipinski definition) is 1. The molecule has 2 aliphatic rings. The Hall–Kier alpha value is -3.30. The average molecular weight is 460 g/mol. The van der Waals surface area contributed by atoms with E-state index in [1.54, 1.807) is 32.9 Å². The molecule has 4 rings (SSSR count). The third kappa shape index (κ3) is 5.20. The number of carbonyl (C=O) groups is 3. The number of nitrogens with one attached hydrogen (secondary N) is 1. The SMILES string of the molecule is CC(C)(C)OC(=O)n1nc(C2CC2)cc1NC(=O)C1CC(=O)N(c2cccc(C(F)F)c2)C1. The molecule has 0 spiro atoms. The van der Waals surface area contributed by atoms with Gasteiger partial charge >= 0.3 is 6.09 Å². The summed E-state index contributed by atoms with van der Waals surface area (Å²) in [4.78, 5) is 39.4. The normalized spacial score (nSPS) is 18.7. The number of halogens is 2. The zero-order valence-corrected chi connectivity index (χ0v) is 18.7. The highest BCUT2D eigenvalue weighted by atomic mass is 19.3. The molecule has 2 aromatic rings. The second-order valence-electron chi connectivity index (χ2n) is 9.41. The molecule has 1 saturated heterocycles. The zero-order chi connectivity index (χ0) is 23.9. The van der Waals surface area contributed by atoms with E-state index in [1.807, 2.05) is 0 Å². The van der Waals surface area contributed by atoms with Gasteiger partial charge in [-0.2, -0.15) is 5.10 Å². The van der Waals surface area contributed by atoms with E-state index in [1.165, 1.54) is 23.1 Å². The molecule has 1 aromatic carbocycles. The molecule has 176 valence electrons. The Morgan fingerprint density at radius 2 is 1.94 bits per heavy atom. The van der Waals surface area contributed by atoms with Gasteiger partial charge in [-0.1, -0.05) is 12.1 Å². The first kappa shape index (κ1) is 22.9. The van der Waals surface area contributed by atoms with Crippen LogP contribution in [0.25, 0.3) is 0 Å². The zero-order valence-electron chi connectivity index (χ0n) is 18.7. The Balaban J connectivity index is 1.50. The number of carbonyl (C=O) groups excluding carboxylic acids is 3. The molecule has 2 amide bonds. The molecule has 10 heteroatoms. The van der Waals surface area contributed by atoms with Gasteiger partial charge in [-0.3, -0.25) is 9.59 Å². The lowest BCUT2D eigenvalue weighted by molar-refractivity contribution is -0.122. The molecule has 1 atom stereocenters. The third-order valence-corrected chi connectivity index (χ3v) is 5.47. The minimum absolute atomic E-state index is 0.0490. The minimum Gasteiger partial charge on any atom is -0.442 e. The highest BCUT2D eigenvalue weighted by Crippen LogP contribution is 2.40. The monoisotopic (exact) mass is 460 g/mol. The Kier molecular flexibility index (Phi) is 5.94. The summed E-state index contributed by atoms with van der Waals surface area (Å²) < 4.78 is 32.5. The molecule has 1 unspecified atom stereocenters. The fourth-order valence-corrected chi connectivity index (χ4v) is 3.70. The summed E-state index contributed by atoms with van der Waals surface area (Å²) in [5.41, 5.74) is 0.0870. The lowest BCUT2D eigenvalue weighted by atomic mass is 10.1. The van der Waals surface area contributed by atoms with E-state index in [-0.39, 0.29) is 36.2 Å². The Morgan fingerprint density at radius 1 is 1.21 bits per heavy atom.